The fourth-order valence-corrected chi connectivity index (χ4v) is 0.747. The lowest BCUT2D eigenvalue weighted by Gasteiger charge is -1.88. The summed E-state index contributed by atoms with van der Waals surface area (Å²) in [6, 6.07) is 1.87. The summed E-state index contributed by atoms with van der Waals surface area (Å²) in [4.78, 5) is 3.85. The number of hydrogen-bond donors (Lipinski definition) is 0. The lowest BCUT2D eigenvalue weighted by Crippen LogP contribution is -1.73. The molecule has 0 fully saturated rings. The molecule has 0 bridgehead atoms. The van der Waals surface area contributed by atoms with Crippen LogP contribution in [-0.2, 0) is 0 Å². The number of halogens is 1. The van der Waals surface area contributed by atoms with Crippen molar-refractivity contribution in [1.82, 2.24) is 4.98 Å². The van der Waals surface area contributed by atoms with Gasteiger partial charge < -0.3 is 0 Å². The van der Waals surface area contributed by atoms with E-state index in [-0.39, 0.29) is 0 Å². The molecule has 0 atom stereocenters. The van der Waals surface area contributed by atoms with Crippen molar-refractivity contribution in [2.75, 3.05) is 0 Å². The highest BCUT2D eigenvalue weighted by Crippen LogP contribution is 2.05. The monoisotopic (exact) mass is 187 g/mol. The van der Waals surface area contributed by atoms with Crippen molar-refractivity contribution in [3.05, 3.63) is 29.0 Å². The zero-order valence-corrected chi connectivity index (χ0v) is 9.31. The van der Waals surface area contributed by atoms with E-state index in [1.54, 1.807) is 12.4 Å². The molecule has 12 heavy (non-hydrogen) atoms. The summed E-state index contributed by atoms with van der Waals surface area (Å²) in [7, 11) is 0. The van der Waals surface area contributed by atoms with Crippen LogP contribution >= 0.6 is 11.6 Å². The van der Waals surface area contributed by atoms with Gasteiger partial charge in [0, 0.05) is 12.4 Å². The molecule has 2 heteroatoms. The van der Waals surface area contributed by atoms with E-state index in [4.69, 9.17) is 11.6 Å². The second-order valence-electron chi connectivity index (χ2n) is 1.68. The lowest BCUT2D eigenvalue weighted by molar-refractivity contribution is 1.27. The molecule has 0 unspecified atom stereocenters. The van der Waals surface area contributed by atoms with Crippen molar-refractivity contribution in [2.45, 2.75) is 34.6 Å². The van der Waals surface area contributed by atoms with Gasteiger partial charge in [-0.2, -0.15) is 0 Å². The molecule has 0 aliphatic carbocycles. The molecular formula is C10H18ClN. The molecule has 0 radical (unpaired) electrons. The average Bonchev–Trinajstić information content (AvgIpc) is 2.11. The quantitative estimate of drug-likeness (QED) is 0.596. The molecule has 0 aliphatic heterocycles. The highest BCUT2D eigenvalue weighted by molar-refractivity contribution is 6.30. The molecule has 0 spiro atoms. The van der Waals surface area contributed by atoms with Crippen LogP contribution < -0.4 is 0 Å². The van der Waals surface area contributed by atoms with Gasteiger partial charge in [-0.15, -0.1) is 0 Å². The third-order valence-electron chi connectivity index (χ3n) is 0.842. The zero-order valence-electron chi connectivity index (χ0n) is 8.56. The van der Waals surface area contributed by atoms with Crippen molar-refractivity contribution < 1.29 is 0 Å². The largest absolute Gasteiger partial charge is 0.263 e. The SMILES string of the molecule is CC.CC.Cc1cncc(Cl)c1. The number of aryl methyl sites for hydroxylation is 1. The van der Waals surface area contributed by atoms with Gasteiger partial charge in [-0.05, 0) is 18.6 Å². The minimum atomic E-state index is 0.699. The molecule has 1 nitrogen and oxygen atoms in total. The van der Waals surface area contributed by atoms with Crippen molar-refractivity contribution in [3.8, 4) is 0 Å². The second-order valence-corrected chi connectivity index (χ2v) is 2.12. The summed E-state index contributed by atoms with van der Waals surface area (Å²) >= 11 is 5.58. The van der Waals surface area contributed by atoms with Crippen LogP contribution in [0.3, 0.4) is 0 Å². The van der Waals surface area contributed by atoms with Crippen LogP contribution in [0.25, 0.3) is 0 Å². The molecule has 70 valence electrons. The van der Waals surface area contributed by atoms with Gasteiger partial charge in [0.1, 0.15) is 0 Å². The predicted octanol–water partition coefficient (Wildman–Crippen LogP) is 4.10. The molecule has 0 saturated carbocycles. The Morgan fingerprint density at radius 3 is 1.83 bits per heavy atom. The number of rotatable bonds is 0. The van der Waals surface area contributed by atoms with Crippen molar-refractivity contribution >= 4 is 11.6 Å². The van der Waals surface area contributed by atoms with Gasteiger partial charge in [-0.1, -0.05) is 39.3 Å². The van der Waals surface area contributed by atoms with Gasteiger partial charge in [0.05, 0.1) is 5.02 Å². The van der Waals surface area contributed by atoms with E-state index in [2.05, 4.69) is 4.98 Å². The highest BCUT2D eigenvalue weighted by Gasteiger charge is 1.84. The number of nitrogens with zero attached hydrogens (tertiary/aromatic N) is 1. The van der Waals surface area contributed by atoms with E-state index in [1.165, 1.54) is 0 Å². The summed E-state index contributed by atoms with van der Waals surface area (Å²) < 4.78 is 0. The third-order valence-corrected chi connectivity index (χ3v) is 1.05. The van der Waals surface area contributed by atoms with Gasteiger partial charge in [0.25, 0.3) is 0 Å². The molecule has 1 aromatic heterocycles. The number of pyridine rings is 1. The maximum atomic E-state index is 5.58. The Labute approximate surface area is 80.8 Å². The lowest BCUT2D eigenvalue weighted by atomic mass is 10.3. The molecular weight excluding hydrogens is 170 g/mol. The van der Waals surface area contributed by atoms with Gasteiger partial charge in [0.2, 0.25) is 0 Å². The summed E-state index contributed by atoms with van der Waals surface area (Å²) in [6.45, 7) is 9.96. The van der Waals surface area contributed by atoms with E-state index >= 15 is 0 Å². The van der Waals surface area contributed by atoms with E-state index in [0.29, 0.717) is 5.02 Å². The molecule has 0 saturated heterocycles. The van der Waals surface area contributed by atoms with Crippen LogP contribution in [0.4, 0.5) is 0 Å². The Hall–Kier alpha value is -0.560. The van der Waals surface area contributed by atoms with Crippen molar-refractivity contribution in [1.29, 1.82) is 0 Å². The first-order valence-electron chi connectivity index (χ1n) is 4.36. The summed E-state index contributed by atoms with van der Waals surface area (Å²) in [5.41, 5.74) is 1.09. The molecule has 0 N–H and O–H groups in total. The molecule has 0 amide bonds. The van der Waals surface area contributed by atoms with Crippen LogP contribution in [-0.4, -0.2) is 4.98 Å². The van der Waals surface area contributed by atoms with Crippen LogP contribution in [0.15, 0.2) is 18.5 Å². The highest BCUT2D eigenvalue weighted by atomic mass is 35.5. The Balaban J connectivity index is 0. The van der Waals surface area contributed by atoms with E-state index in [9.17, 15) is 0 Å². The van der Waals surface area contributed by atoms with Gasteiger partial charge >= 0.3 is 0 Å². The van der Waals surface area contributed by atoms with Gasteiger partial charge in [-0.3, -0.25) is 4.98 Å². The van der Waals surface area contributed by atoms with Crippen LogP contribution in [0.1, 0.15) is 33.3 Å². The first-order valence-corrected chi connectivity index (χ1v) is 4.74. The zero-order chi connectivity index (χ0) is 9.98. The van der Waals surface area contributed by atoms with E-state index in [1.807, 2.05) is 40.7 Å². The maximum absolute atomic E-state index is 5.58. The minimum absolute atomic E-state index is 0.699. The fourth-order valence-electron chi connectivity index (χ4n) is 0.518. The Morgan fingerprint density at radius 2 is 1.58 bits per heavy atom. The average molecular weight is 188 g/mol. The smallest absolute Gasteiger partial charge is 0.0591 e. The first kappa shape index (κ1) is 14.0. The molecule has 1 aromatic rings. The maximum Gasteiger partial charge on any atom is 0.0591 e. The van der Waals surface area contributed by atoms with Crippen LogP contribution in [0.2, 0.25) is 5.02 Å². The minimum Gasteiger partial charge on any atom is -0.263 e. The first-order chi connectivity index (χ1) is 5.79. The normalized spacial score (nSPS) is 7.17. The Kier molecular flexibility index (Phi) is 12.2. The van der Waals surface area contributed by atoms with Crippen LogP contribution in [0.5, 0.6) is 0 Å². The van der Waals surface area contributed by atoms with Crippen molar-refractivity contribution in [3.63, 3.8) is 0 Å². The fraction of sp³-hybridized carbons (Fsp3) is 0.500. The topological polar surface area (TPSA) is 12.9 Å². The predicted molar refractivity (Wildman–Crippen MR) is 56.7 cm³/mol. The Bertz CT molecular complexity index is 170. The van der Waals surface area contributed by atoms with Crippen LogP contribution in [0, 0.1) is 6.92 Å². The van der Waals surface area contributed by atoms with Gasteiger partial charge in [-0.25, -0.2) is 0 Å². The summed E-state index contributed by atoms with van der Waals surface area (Å²) in [5.74, 6) is 0. The van der Waals surface area contributed by atoms with E-state index < -0.39 is 0 Å². The standard InChI is InChI=1S/C6H6ClN.2C2H6/c1-5-2-6(7)4-8-3-5;2*1-2/h2-4H,1H3;2*1-2H3. The molecule has 1 rings (SSSR count). The summed E-state index contributed by atoms with van der Waals surface area (Å²) in [5, 5.41) is 0.699. The molecule has 1 heterocycles. The summed E-state index contributed by atoms with van der Waals surface area (Å²) in [6.07, 6.45) is 3.39. The van der Waals surface area contributed by atoms with E-state index in [0.717, 1.165) is 5.56 Å². The van der Waals surface area contributed by atoms with Gasteiger partial charge in [0.15, 0.2) is 0 Å². The number of aromatic nitrogens is 1. The number of hydrogen-bond acceptors (Lipinski definition) is 1. The molecule has 0 aromatic carbocycles. The molecule has 0 aliphatic rings. The third kappa shape index (κ3) is 7.55. The van der Waals surface area contributed by atoms with Crippen molar-refractivity contribution in [2.24, 2.45) is 0 Å². The second kappa shape index (κ2) is 10.4. The Morgan fingerprint density at radius 1 is 1.08 bits per heavy atom.